The maximum absolute atomic E-state index is 12.2. The highest BCUT2D eigenvalue weighted by molar-refractivity contribution is 9.11. The molecule has 0 saturated heterocycles. The molecule has 0 aliphatic rings. The summed E-state index contributed by atoms with van der Waals surface area (Å²) < 4.78 is 5.76. The van der Waals surface area contributed by atoms with E-state index >= 15 is 0 Å². The van der Waals surface area contributed by atoms with Crippen LogP contribution in [-0.2, 0) is 22.6 Å². The third-order valence-corrected chi connectivity index (χ3v) is 5.30. The minimum atomic E-state index is -0.366. The Morgan fingerprint density at radius 3 is 2.48 bits per heavy atom. The van der Waals surface area contributed by atoms with Gasteiger partial charge >= 0.3 is 5.97 Å². The molecule has 0 spiro atoms. The molecule has 2 rings (SSSR count). The number of esters is 1. The number of rotatable bonds is 8. The molecule has 1 aromatic carbocycles. The normalized spacial score (nSPS) is 10.7. The Labute approximate surface area is 160 Å². The van der Waals surface area contributed by atoms with E-state index in [1.807, 2.05) is 25.1 Å². The van der Waals surface area contributed by atoms with Gasteiger partial charge in [-0.3, -0.25) is 9.69 Å². The molecule has 1 N–H and O–H groups in total. The van der Waals surface area contributed by atoms with Gasteiger partial charge < -0.3 is 10.1 Å². The molecular formula is C18H21BrN2O3S. The zero-order valence-corrected chi connectivity index (χ0v) is 16.7. The quantitative estimate of drug-likeness (QED) is 0.659. The van der Waals surface area contributed by atoms with Crippen molar-refractivity contribution in [1.29, 1.82) is 0 Å². The molecular weight excluding hydrogens is 404 g/mol. The van der Waals surface area contributed by atoms with Gasteiger partial charge in [0.2, 0.25) is 5.91 Å². The molecule has 0 atom stereocenters. The summed E-state index contributed by atoms with van der Waals surface area (Å²) in [6.07, 6.45) is 0. The highest BCUT2D eigenvalue weighted by Gasteiger charge is 2.11. The van der Waals surface area contributed by atoms with E-state index < -0.39 is 0 Å². The minimum Gasteiger partial charge on any atom is -0.465 e. The molecule has 0 fully saturated rings. The Morgan fingerprint density at radius 1 is 1.20 bits per heavy atom. The molecule has 1 amide bonds. The van der Waals surface area contributed by atoms with Gasteiger partial charge in [0, 0.05) is 18.0 Å². The fourth-order valence-corrected chi connectivity index (χ4v) is 3.80. The zero-order valence-electron chi connectivity index (χ0n) is 14.3. The lowest BCUT2D eigenvalue weighted by molar-refractivity contribution is -0.122. The van der Waals surface area contributed by atoms with Gasteiger partial charge in [-0.05, 0) is 52.3 Å². The van der Waals surface area contributed by atoms with Crippen molar-refractivity contribution in [2.75, 3.05) is 20.2 Å². The summed E-state index contributed by atoms with van der Waals surface area (Å²) in [5.74, 6) is -0.385. The Hall–Kier alpha value is -1.70. The Bertz CT molecular complexity index is 715. The number of ether oxygens (including phenoxy) is 1. The number of carbonyl (C=O) groups excluding carboxylic acids is 2. The van der Waals surface area contributed by atoms with Crippen LogP contribution in [0.4, 0.5) is 0 Å². The van der Waals surface area contributed by atoms with Crippen LogP contribution in [0.5, 0.6) is 0 Å². The van der Waals surface area contributed by atoms with Gasteiger partial charge in [0.05, 0.1) is 23.0 Å². The fraction of sp³-hybridized carbons (Fsp3) is 0.333. The largest absolute Gasteiger partial charge is 0.465 e. The van der Waals surface area contributed by atoms with E-state index in [1.54, 1.807) is 23.5 Å². The minimum absolute atomic E-state index is 0.0190. The number of amides is 1. The lowest BCUT2D eigenvalue weighted by Gasteiger charge is -2.19. The topological polar surface area (TPSA) is 58.6 Å². The third-order valence-electron chi connectivity index (χ3n) is 3.69. The van der Waals surface area contributed by atoms with E-state index in [1.165, 1.54) is 12.0 Å². The molecule has 7 heteroatoms. The Morgan fingerprint density at radius 2 is 1.92 bits per heavy atom. The van der Waals surface area contributed by atoms with E-state index in [-0.39, 0.29) is 11.9 Å². The molecule has 1 aromatic heterocycles. The highest BCUT2D eigenvalue weighted by atomic mass is 79.9. The van der Waals surface area contributed by atoms with E-state index in [0.29, 0.717) is 18.7 Å². The van der Waals surface area contributed by atoms with Crippen molar-refractivity contribution in [1.82, 2.24) is 10.2 Å². The monoisotopic (exact) mass is 424 g/mol. The van der Waals surface area contributed by atoms with Crippen LogP contribution >= 0.6 is 27.3 Å². The Balaban J connectivity index is 1.81. The van der Waals surface area contributed by atoms with Gasteiger partial charge in [-0.15, -0.1) is 11.3 Å². The van der Waals surface area contributed by atoms with Crippen LogP contribution in [-0.4, -0.2) is 37.0 Å². The second-order valence-corrected chi connectivity index (χ2v) is 8.02. The summed E-state index contributed by atoms with van der Waals surface area (Å²) in [4.78, 5) is 26.9. The number of methoxy groups -OCH3 is 1. The molecule has 0 aliphatic carbocycles. The lowest BCUT2D eigenvalue weighted by Crippen LogP contribution is -2.36. The van der Waals surface area contributed by atoms with Crippen molar-refractivity contribution >= 4 is 39.1 Å². The molecule has 2 aromatic rings. The average Bonchev–Trinajstić information content (AvgIpc) is 3.04. The van der Waals surface area contributed by atoms with Crippen LogP contribution in [0.1, 0.15) is 27.7 Å². The number of nitrogens with one attached hydrogen (secondary N) is 1. The lowest BCUT2D eigenvalue weighted by atomic mass is 10.1. The van der Waals surface area contributed by atoms with Crippen molar-refractivity contribution in [2.45, 2.75) is 20.0 Å². The third kappa shape index (κ3) is 6.26. The maximum Gasteiger partial charge on any atom is 0.337 e. The van der Waals surface area contributed by atoms with Gasteiger partial charge in [-0.1, -0.05) is 19.1 Å². The van der Waals surface area contributed by atoms with Crippen molar-refractivity contribution in [3.8, 4) is 0 Å². The SMILES string of the molecule is CCN(CC(=O)NCc1ccc(C(=O)OC)cc1)Cc1ccc(Br)s1. The number of nitrogens with zero attached hydrogens (tertiary/aromatic N) is 1. The Kier molecular flexibility index (Phi) is 7.61. The van der Waals surface area contributed by atoms with Crippen LogP contribution in [0.2, 0.25) is 0 Å². The van der Waals surface area contributed by atoms with Gasteiger partial charge in [-0.2, -0.15) is 0 Å². The maximum atomic E-state index is 12.2. The molecule has 0 bridgehead atoms. The molecule has 5 nitrogen and oxygen atoms in total. The number of thiophene rings is 1. The van der Waals surface area contributed by atoms with E-state index in [4.69, 9.17) is 0 Å². The summed E-state index contributed by atoms with van der Waals surface area (Å²) in [5.41, 5.74) is 1.43. The summed E-state index contributed by atoms with van der Waals surface area (Å²) >= 11 is 5.14. The van der Waals surface area contributed by atoms with Gasteiger partial charge in [0.25, 0.3) is 0 Å². The molecule has 0 unspecified atom stereocenters. The van der Waals surface area contributed by atoms with Crippen LogP contribution in [0.15, 0.2) is 40.2 Å². The van der Waals surface area contributed by atoms with Gasteiger partial charge in [0.15, 0.2) is 0 Å². The standard InChI is InChI=1S/C18H21BrN2O3S/c1-3-21(11-15-8-9-16(19)25-15)12-17(22)20-10-13-4-6-14(7-5-13)18(23)24-2/h4-9H,3,10-12H2,1-2H3,(H,20,22). The first-order valence-corrected chi connectivity index (χ1v) is 9.53. The summed E-state index contributed by atoms with van der Waals surface area (Å²) in [7, 11) is 1.35. The van der Waals surface area contributed by atoms with Crippen molar-refractivity contribution in [2.24, 2.45) is 0 Å². The average molecular weight is 425 g/mol. The molecule has 134 valence electrons. The molecule has 0 saturated carbocycles. The number of likely N-dealkylation sites (N-methyl/N-ethyl adjacent to an activating group) is 1. The van der Waals surface area contributed by atoms with Gasteiger partial charge in [0.1, 0.15) is 0 Å². The van der Waals surface area contributed by atoms with Gasteiger partial charge in [-0.25, -0.2) is 4.79 Å². The van der Waals surface area contributed by atoms with Crippen LogP contribution in [0, 0.1) is 0 Å². The highest BCUT2D eigenvalue weighted by Crippen LogP contribution is 2.23. The number of carbonyl (C=O) groups is 2. The van der Waals surface area contributed by atoms with E-state index in [9.17, 15) is 9.59 Å². The van der Waals surface area contributed by atoms with Crippen molar-refractivity contribution in [3.63, 3.8) is 0 Å². The first-order valence-electron chi connectivity index (χ1n) is 7.92. The molecule has 0 radical (unpaired) electrons. The summed E-state index contributed by atoms with van der Waals surface area (Å²) in [6.45, 7) is 4.39. The second-order valence-electron chi connectivity index (χ2n) is 5.47. The summed E-state index contributed by atoms with van der Waals surface area (Å²) in [6, 6.07) is 11.1. The van der Waals surface area contributed by atoms with Crippen LogP contribution in [0.3, 0.4) is 0 Å². The van der Waals surface area contributed by atoms with E-state index in [0.717, 1.165) is 22.4 Å². The number of hydrogen-bond acceptors (Lipinski definition) is 5. The number of hydrogen-bond donors (Lipinski definition) is 1. The van der Waals surface area contributed by atoms with Crippen molar-refractivity contribution in [3.05, 3.63) is 56.2 Å². The molecule has 1 heterocycles. The van der Waals surface area contributed by atoms with E-state index in [2.05, 4.69) is 36.9 Å². The molecule has 0 aliphatic heterocycles. The first kappa shape index (κ1) is 19.6. The number of benzene rings is 1. The second kappa shape index (κ2) is 9.70. The summed E-state index contributed by atoms with van der Waals surface area (Å²) in [5, 5.41) is 2.91. The predicted molar refractivity (Wildman–Crippen MR) is 103 cm³/mol. The molecule has 25 heavy (non-hydrogen) atoms. The number of halogens is 1. The fourth-order valence-electron chi connectivity index (χ4n) is 2.27. The zero-order chi connectivity index (χ0) is 18.2. The van der Waals surface area contributed by atoms with Crippen LogP contribution in [0.25, 0.3) is 0 Å². The van der Waals surface area contributed by atoms with Crippen molar-refractivity contribution < 1.29 is 14.3 Å². The smallest absolute Gasteiger partial charge is 0.337 e. The van der Waals surface area contributed by atoms with Crippen LogP contribution < -0.4 is 5.32 Å². The first-order chi connectivity index (χ1) is 12.0. The predicted octanol–water partition coefficient (Wildman–Crippen LogP) is 3.44.